The van der Waals surface area contributed by atoms with Gasteiger partial charge in [-0.15, -0.1) is 0 Å². The van der Waals surface area contributed by atoms with Crippen molar-refractivity contribution < 1.29 is 14.3 Å². The minimum Gasteiger partial charge on any atom is -0.490 e. The maximum absolute atomic E-state index is 13.1. The van der Waals surface area contributed by atoms with Crippen LogP contribution in [0.15, 0.2) is 64.0 Å². The van der Waals surface area contributed by atoms with Crippen molar-refractivity contribution in [1.29, 1.82) is 0 Å². The Bertz CT molecular complexity index is 1350. The molecule has 3 aromatic rings. The molecule has 4 rings (SSSR count). The van der Waals surface area contributed by atoms with E-state index in [1.54, 1.807) is 42.5 Å². The fraction of sp³-hybridized carbons (Fsp3) is 0.120. The minimum absolute atomic E-state index is 0.214. The van der Waals surface area contributed by atoms with E-state index in [1.807, 2.05) is 25.1 Å². The molecule has 1 amide bonds. The van der Waals surface area contributed by atoms with Crippen molar-refractivity contribution in [2.24, 2.45) is 0 Å². The molecule has 180 valence electrons. The van der Waals surface area contributed by atoms with Gasteiger partial charge in [0, 0.05) is 20.1 Å². The van der Waals surface area contributed by atoms with Gasteiger partial charge < -0.3 is 9.47 Å². The van der Waals surface area contributed by atoms with Gasteiger partial charge in [-0.05, 0) is 77.0 Å². The van der Waals surface area contributed by atoms with Gasteiger partial charge in [-0.1, -0.05) is 70.9 Å². The number of halogens is 4. The van der Waals surface area contributed by atoms with Crippen LogP contribution in [0.4, 0.5) is 5.69 Å². The largest absolute Gasteiger partial charge is 0.490 e. The van der Waals surface area contributed by atoms with E-state index in [0.717, 1.165) is 15.6 Å². The number of benzene rings is 3. The van der Waals surface area contributed by atoms with Gasteiger partial charge in [-0.3, -0.25) is 9.69 Å². The molecule has 1 fully saturated rings. The predicted octanol–water partition coefficient (Wildman–Crippen LogP) is 8.79. The Hall–Kier alpha value is -1.74. The highest BCUT2D eigenvalue weighted by Gasteiger charge is 2.33. The average Bonchev–Trinajstić information content (AvgIpc) is 3.09. The van der Waals surface area contributed by atoms with Crippen LogP contribution in [0, 0.1) is 0 Å². The summed E-state index contributed by atoms with van der Waals surface area (Å²) in [5, 5.41) is 1.59. The van der Waals surface area contributed by atoms with Crippen molar-refractivity contribution in [2.45, 2.75) is 13.5 Å². The van der Waals surface area contributed by atoms with Crippen LogP contribution in [-0.2, 0) is 11.4 Å². The Morgan fingerprint density at radius 2 is 1.80 bits per heavy atom. The maximum atomic E-state index is 13.1. The first kappa shape index (κ1) is 26.3. The smallest absolute Gasteiger partial charge is 0.270 e. The number of carbonyl (C=O) groups excluding carboxylic acids is 1. The van der Waals surface area contributed by atoms with E-state index >= 15 is 0 Å². The van der Waals surface area contributed by atoms with Crippen molar-refractivity contribution in [3.05, 3.63) is 90.2 Å². The number of nitrogens with zero attached hydrogens (tertiary/aromatic N) is 1. The predicted molar refractivity (Wildman–Crippen MR) is 153 cm³/mol. The highest BCUT2D eigenvalue weighted by molar-refractivity contribution is 9.10. The fourth-order valence-electron chi connectivity index (χ4n) is 3.26. The lowest BCUT2D eigenvalue weighted by Crippen LogP contribution is -2.27. The average molecular weight is 630 g/mol. The Morgan fingerprint density at radius 1 is 1.00 bits per heavy atom. The summed E-state index contributed by atoms with van der Waals surface area (Å²) in [5.41, 5.74) is 2.20. The van der Waals surface area contributed by atoms with Gasteiger partial charge in [0.2, 0.25) is 0 Å². The Balaban J connectivity index is 1.56. The number of rotatable bonds is 7. The van der Waals surface area contributed by atoms with Crippen LogP contribution in [0.3, 0.4) is 0 Å². The van der Waals surface area contributed by atoms with Crippen LogP contribution in [-0.4, -0.2) is 16.8 Å². The van der Waals surface area contributed by atoms with Gasteiger partial charge in [0.15, 0.2) is 15.8 Å². The van der Waals surface area contributed by atoms with Gasteiger partial charge in [0.1, 0.15) is 6.61 Å². The molecule has 10 heteroatoms. The summed E-state index contributed by atoms with van der Waals surface area (Å²) < 4.78 is 12.9. The monoisotopic (exact) mass is 627 g/mol. The summed E-state index contributed by atoms with van der Waals surface area (Å²) in [5.74, 6) is 0.905. The molecule has 0 spiro atoms. The van der Waals surface area contributed by atoms with Crippen molar-refractivity contribution in [3.63, 3.8) is 0 Å². The lowest BCUT2D eigenvalue weighted by molar-refractivity contribution is -0.113. The van der Waals surface area contributed by atoms with Crippen LogP contribution in [0.1, 0.15) is 18.1 Å². The zero-order valence-corrected chi connectivity index (χ0v) is 23.7. The fourth-order valence-corrected chi connectivity index (χ4v) is 5.45. The van der Waals surface area contributed by atoms with E-state index in [2.05, 4.69) is 15.9 Å². The van der Waals surface area contributed by atoms with Crippen molar-refractivity contribution >= 4 is 96.7 Å². The van der Waals surface area contributed by atoms with Gasteiger partial charge in [0.05, 0.1) is 22.2 Å². The van der Waals surface area contributed by atoms with Crippen LogP contribution in [0.2, 0.25) is 15.1 Å². The molecular weight excluding hydrogens is 613 g/mol. The van der Waals surface area contributed by atoms with Crippen LogP contribution in [0.5, 0.6) is 11.5 Å². The van der Waals surface area contributed by atoms with E-state index in [9.17, 15) is 4.79 Å². The summed E-state index contributed by atoms with van der Waals surface area (Å²) in [6, 6.07) is 16.0. The zero-order chi connectivity index (χ0) is 25.1. The first-order valence-electron chi connectivity index (χ1n) is 10.3. The van der Waals surface area contributed by atoms with Gasteiger partial charge in [0.25, 0.3) is 5.91 Å². The molecule has 0 aromatic heterocycles. The Kier molecular flexibility index (Phi) is 8.68. The first-order chi connectivity index (χ1) is 16.8. The first-order valence-corrected chi connectivity index (χ1v) is 13.5. The number of ether oxygens (including phenoxy) is 2. The normalized spacial score (nSPS) is 14.7. The van der Waals surface area contributed by atoms with Gasteiger partial charge in [-0.2, -0.15) is 0 Å². The number of amides is 1. The molecule has 0 N–H and O–H groups in total. The van der Waals surface area contributed by atoms with E-state index in [1.165, 1.54) is 16.7 Å². The molecule has 1 aliphatic rings. The summed E-state index contributed by atoms with van der Waals surface area (Å²) in [7, 11) is 0. The topological polar surface area (TPSA) is 38.8 Å². The number of thiocarbonyl (C=S) groups is 1. The second kappa shape index (κ2) is 11.5. The maximum Gasteiger partial charge on any atom is 0.270 e. The molecule has 0 atom stereocenters. The SMILES string of the molecule is CCOc1cc(/C=C2/SC(=S)N(c3ccc(Br)c(Cl)c3)C2=O)ccc1OCc1ccc(Cl)cc1Cl. The standard InChI is InChI=1S/C25H17BrCl3NO3S2/c1-2-32-22-9-14(3-8-21(22)33-13-15-4-5-16(27)11-19(15)28)10-23-24(31)30(25(34)35-23)17-6-7-18(26)20(29)12-17/h3-12H,2,13H2,1H3/b23-10+. The van der Waals surface area contributed by atoms with Crippen LogP contribution < -0.4 is 14.4 Å². The summed E-state index contributed by atoms with van der Waals surface area (Å²) in [6.45, 7) is 2.60. The van der Waals surface area contributed by atoms with Crippen LogP contribution >= 0.6 is 74.7 Å². The lowest BCUT2D eigenvalue weighted by atomic mass is 10.1. The van der Waals surface area contributed by atoms with Crippen LogP contribution in [0.25, 0.3) is 6.08 Å². The highest BCUT2D eigenvalue weighted by atomic mass is 79.9. The van der Waals surface area contributed by atoms with E-state index < -0.39 is 0 Å². The van der Waals surface area contributed by atoms with E-state index in [-0.39, 0.29) is 12.5 Å². The Labute approximate surface area is 236 Å². The summed E-state index contributed by atoms with van der Waals surface area (Å²) in [6.07, 6.45) is 1.78. The van der Waals surface area contributed by atoms with E-state index in [4.69, 9.17) is 56.5 Å². The molecule has 0 saturated carbocycles. The number of hydrogen-bond donors (Lipinski definition) is 0. The molecule has 4 nitrogen and oxygen atoms in total. The quantitative estimate of drug-likeness (QED) is 0.193. The molecule has 0 bridgehead atoms. The number of thioether (sulfide) groups is 1. The second-order valence-electron chi connectivity index (χ2n) is 7.28. The zero-order valence-electron chi connectivity index (χ0n) is 18.2. The minimum atomic E-state index is -0.214. The molecule has 0 aliphatic carbocycles. The molecular formula is C25H17BrCl3NO3S2. The molecule has 1 aliphatic heterocycles. The van der Waals surface area contributed by atoms with Crippen molar-refractivity contribution in [1.82, 2.24) is 0 Å². The number of hydrogen-bond acceptors (Lipinski definition) is 5. The molecule has 35 heavy (non-hydrogen) atoms. The molecule has 0 unspecified atom stereocenters. The molecule has 0 radical (unpaired) electrons. The Morgan fingerprint density at radius 3 is 2.51 bits per heavy atom. The van der Waals surface area contributed by atoms with Gasteiger partial charge in [-0.25, -0.2) is 0 Å². The van der Waals surface area contributed by atoms with Gasteiger partial charge >= 0.3 is 0 Å². The summed E-state index contributed by atoms with van der Waals surface area (Å²) >= 11 is 28.5. The van der Waals surface area contributed by atoms with Crippen molar-refractivity contribution in [2.75, 3.05) is 11.5 Å². The highest BCUT2D eigenvalue weighted by Crippen LogP contribution is 2.39. The molecule has 3 aromatic carbocycles. The second-order valence-corrected chi connectivity index (χ2v) is 11.1. The third-order valence-corrected chi connectivity index (χ3v) is 8.04. The molecule has 1 heterocycles. The third kappa shape index (κ3) is 6.16. The van der Waals surface area contributed by atoms with Crippen molar-refractivity contribution in [3.8, 4) is 11.5 Å². The summed E-state index contributed by atoms with van der Waals surface area (Å²) in [4.78, 5) is 15.1. The third-order valence-electron chi connectivity index (χ3n) is 4.92. The lowest BCUT2D eigenvalue weighted by Gasteiger charge is -2.15. The number of anilines is 1. The number of carbonyl (C=O) groups is 1. The molecule has 1 saturated heterocycles. The van der Waals surface area contributed by atoms with E-state index in [0.29, 0.717) is 48.1 Å².